The van der Waals surface area contributed by atoms with E-state index in [1.165, 1.54) is 24.9 Å². The fraction of sp³-hybridized carbons (Fsp3) is 0.625. The number of hydrogen-bond donors (Lipinski definition) is 0. The maximum Gasteiger partial charge on any atom is 0.119 e. The van der Waals surface area contributed by atoms with Gasteiger partial charge in [0.25, 0.3) is 0 Å². The van der Waals surface area contributed by atoms with E-state index in [-0.39, 0.29) is 0 Å². The van der Waals surface area contributed by atoms with Crippen LogP contribution in [0.4, 0.5) is 5.69 Å². The lowest BCUT2D eigenvalue weighted by Gasteiger charge is -2.13. The van der Waals surface area contributed by atoms with Gasteiger partial charge in [-0.25, -0.2) is 0 Å². The van der Waals surface area contributed by atoms with E-state index in [4.69, 9.17) is 4.74 Å². The molecule has 0 atom stereocenters. The molecule has 0 heterocycles. The molecule has 0 aromatic heterocycles. The zero-order valence-electron chi connectivity index (χ0n) is 12.3. The van der Waals surface area contributed by atoms with Gasteiger partial charge in [0.2, 0.25) is 0 Å². The van der Waals surface area contributed by atoms with Crippen LogP contribution >= 0.6 is 0 Å². The Bertz CT molecular complexity index is 316. The van der Waals surface area contributed by atoms with Crippen LogP contribution in [0.1, 0.15) is 39.5 Å². The van der Waals surface area contributed by atoms with Crippen LogP contribution in [0.5, 0.6) is 5.75 Å². The number of hydrogen-bond acceptors (Lipinski definition) is 2. The van der Waals surface area contributed by atoms with Gasteiger partial charge in [-0.1, -0.05) is 33.1 Å². The first-order valence-electron chi connectivity index (χ1n) is 7.00. The molecule has 18 heavy (non-hydrogen) atoms. The Morgan fingerprint density at radius 1 is 1.00 bits per heavy atom. The molecule has 1 aromatic carbocycles. The Morgan fingerprint density at radius 2 is 1.67 bits per heavy atom. The van der Waals surface area contributed by atoms with E-state index in [1.54, 1.807) is 0 Å². The molecule has 0 N–H and O–H groups in total. The molecular weight excluding hydrogens is 222 g/mol. The minimum atomic E-state index is 0.824. The summed E-state index contributed by atoms with van der Waals surface area (Å²) in [6.45, 7) is 5.39. The minimum absolute atomic E-state index is 0.824. The minimum Gasteiger partial charge on any atom is -0.494 e. The van der Waals surface area contributed by atoms with Gasteiger partial charge in [0.05, 0.1) is 6.61 Å². The van der Waals surface area contributed by atoms with E-state index < -0.39 is 0 Å². The highest BCUT2D eigenvalue weighted by molar-refractivity contribution is 5.47. The van der Waals surface area contributed by atoms with Crippen molar-refractivity contribution < 1.29 is 4.74 Å². The van der Waals surface area contributed by atoms with E-state index in [0.717, 1.165) is 24.7 Å². The summed E-state index contributed by atoms with van der Waals surface area (Å²) in [4.78, 5) is 2.09. The van der Waals surface area contributed by atoms with Crippen LogP contribution in [-0.4, -0.2) is 20.7 Å². The maximum atomic E-state index is 5.73. The molecule has 0 aliphatic rings. The van der Waals surface area contributed by atoms with Crippen molar-refractivity contribution in [3.05, 3.63) is 24.3 Å². The van der Waals surface area contributed by atoms with E-state index in [0.29, 0.717) is 0 Å². The largest absolute Gasteiger partial charge is 0.494 e. The van der Waals surface area contributed by atoms with Crippen molar-refractivity contribution in [1.29, 1.82) is 0 Å². The Balaban J connectivity index is 2.15. The van der Waals surface area contributed by atoms with Crippen molar-refractivity contribution in [1.82, 2.24) is 0 Å². The predicted molar refractivity (Wildman–Crippen MR) is 79.6 cm³/mol. The van der Waals surface area contributed by atoms with Crippen LogP contribution < -0.4 is 9.64 Å². The predicted octanol–water partition coefficient (Wildman–Crippen LogP) is 4.35. The number of ether oxygens (including phenoxy) is 1. The van der Waals surface area contributed by atoms with Crippen molar-refractivity contribution in [3.63, 3.8) is 0 Å². The Hall–Kier alpha value is -1.18. The van der Waals surface area contributed by atoms with Gasteiger partial charge in [0, 0.05) is 19.8 Å². The molecule has 0 saturated carbocycles. The maximum absolute atomic E-state index is 5.73. The van der Waals surface area contributed by atoms with Gasteiger partial charge >= 0.3 is 0 Å². The lowest BCUT2D eigenvalue weighted by Crippen LogP contribution is -2.08. The zero-order chi connectivity index (χ0) is 13.4. The van der Waals surface area contributed by atoms with Gasteiger partial charge in [-0.05, 0) is 36.6 Å². The summed E-state index contributed by atoms with van der Waals surface area (Å²) in [5.41, 5.74) is 1.21. The summed E-state index contributed by atoms with van der Waals surface area (Å²) in [6, 6.07) is 8.27. The summed E-state index contributed by atoms with van der Waals surface area (Å²) < 4.78 is 5.73. The summed E-state index contributed by atoms with van der Waals surface area (Å²) in [7, 11) is 4.09. The van der Waals surface area contributed by atoms with E-state index in [1.807, 2.05) is 26.2 Å². The first kappa shape index (κ1) is 14.9. The van der Waals surface area contributed by atoms with Crippen LogP contribution in [0.25, 0.3) is 0 Å². The van der Waals surface area contributed by atoms with Gasteiger partial charge in [0.15, 0.2) is 0 Å². The fourth-order valence-corrected chi connectivity index (χ4v) is 1.86. The molecule has 0 radical (unpaired) electrons. The average molecular weight is 249 g/mol. The van der Waals surface area contributed by atoms with Crippen molar-refractivity contribution in [3.8, 4) is 5.75 Å². The molecule has 0 fully saturated rings. The molecule has 1 aromatic rings. The van der Waals surface area contributed by atoms with Crippen molar-refractivity contribution >= 4 is 5.69 Å². The molecule has 0 saturated heterocycles. The molecular formula is C16H27NO. The topological polar surface area (TPSA) is 12.5 Å². The summed E-state index contributed by atoms with van der Waals surface area (Å²) in [5, 5.41) is 0. The van der Waals surface area contributed by atoms with E-state index in [9.17, 15) is 0 Å². The highest BCUT2D eigenvalue weighted by Crippen LogP contribution is 2.18. The first-order valence-corrected chi connectivity index (χ1v) is 7.00. The Labute approximate surface area is 112 Å². The molecule has 1 rings (SSSR count). The molecule has 0 aliphatic carbocycles. The second-order valence-corrected chi connectivity index (χ2v) is 5.48. The highest BCUT2D eigenvalue weighted by atomic mass is 16.5. The second kappa shape index (κ2) is 8.02. The Morgan fingerprint density at radius 3 is 2.22 bits per heavy atom. The molecule has 0 aliphatic heterocycles. The number of benzene rings is 1. The van der Waals surface area contributed by atoms with E-state index >= 15 is 0 Å². The standard InChI is InChI=1S/C16H27NO/c1-14(2)8-6-5-7-13-18-16-11-9-15(10-12-16)17(3)4/h9-12,14H,5-8,13H2,1-4H3. The molecule has 2 heteroatoms. The molecule has 0 spiro atoms. The SMILES string of the molecule is CC(C)CCCCCOc1ccc(N(C)C)cc1. The van der Waals surface area contributed by atoms with Gasteiger partial charge in [0.1, 0.15) is 5.75 Å². The van der Waals surface area contributed by atoms with Gasteiger partial charge in [-0.2, -0.15) is 0 Å². The Kier molecular flexibility index (Phi) is 6.63. The summed E-state index contributed by atoms with van der Waals surface area (Å²) in [5.74, 6) is 1.80. The fourth-order valence-electron chi connectivity index (χ4n) is 1.86. The average Bonchev–Trinajstić information content (AvgIpc) is 2.34. The van der Waals surface area contributed by atoms with Gasteiger partial charge in [-0.3, -0.25) is 0 Å². The van der Waals surface area contributed by atoms with Crippen LogP contribution in [0.3, 0.4) is 0 Å². The molecule has 0 unspecified atom stereocenters. The third-order valence-electron chi connectivity index (χ3n) is 3.05. The van der Waals surface area contributed by atoms with Crippen LogP contribution in [0.2, 0.25) is 0 Å². The van der Waals surface area contributed by atoms with E-state index in [2.05, 4.69) is 30.9 Å². The van der Waals surface area contributed by atoms with Crippen LogP contribution in [0, 0.1) is 5.92 Å². The first-order chi connectivity index (χ1) is 8.59. The van der Waals surface area contributed by atoms with Crippen molar-refractivity contribution in [2.45, 2.75) is 39.5 Å². The van der Waals surface area contributed by atoms with Crippen LogP contribution in [0.15, 0.2) is 24.3 Å². The molecule has 0 bridgehead atoms. The van der Waals surface area contributed by atoms with Crippen LogP contribution in [-0.2, 0) is 0 Å². The van der Waals surface area contributed by atoms with Gasteiger partial charge < -0.3 is 9.64 Å². The molecule has 102 valence electrons. The monoisotopic (exact) mass is 249 g/mol. The lowest BCUT2D eigenvalue weighted by atomic mass is 10.1. The molecule has 2 nitrogen and oxygen atoms in total. The molecule has 0 amide bonds. The highest BCUT2D eigenvalue weighted by Gasteiger charge is 1.98. The quantitative estimate of drug-likeness (QED) is 0.635. The number of unbranched alkanes of at least 4 members (excludes halogenated alkanes) is 2. The normalized spacial score (nSPS) is 10.7. The van der Waals surface area contributed by atoms with Gasteiger partial charge in [-0.15, -0.1) is 0 Å². The summed E-state index contributed by atoms with van der Waals surface area (Å²) >= 11 is 0. The van der Waals surface area contributed by atoms with Crippen molar-refractivity contribution in [2.75, 3.05) is 25.6 Å². The second-order valence-electron chi connectivity index (χ2n) is 5.48. The zero-order valence-corrected chi connectivity index (χ0v) is 12.3. The number of anilines is 1. The van der Waals surface area contributed by atoms with Crippen molar-refractivity contribution in [2.24, 2.45) is 5.92 Å². The summed E-state index contributed by atoms with van der Waals surface area (Å²) in [6.07, 6.45) is 5.08. The smallest absolute Gasteiger partial charge is 0.119 e. The third kappa shape index (κ3) is 5.95. The lowest BCUT2D eigenvalue weighted by molar-refractivity contribution is 0.303. The number of nitrogens with zero attached hydrogens (tertiary/aromatic N) is 1. The third-order valence-corrected chi connectivity index (χ3v) is 3.05. The number of rotatable bonds is 8.